The second-order valence-electron chi connectivity index (χ2n) is 2.74. The van der Waals surface area contributed by atoms with Gasteiger partial charge in [-0.05, 0) is 25.2 Å². The molecule has 1 aliphatic carbocycles. The number of hydrogen-bond acceptors (Lipinski definition) is 1. The van der Waals surface area contributed by atoms with E-state index in [4.69, 9.17) is 5.73 Å². The predicted molar refractivity (Wildman–Crippen MR) is 30.9 cm³/mol. The smallest absolute Gasteiger partial charge is 0.00414 e. The molecule has 0 bridgehead atoms. The Labute approximate surface area is 44.9 Å². The quantitative estimate of drug-likeness (QED) is 0.521. The van der Waals surface area contributed by atoms with Crippen molar-refractivity contribution in [2.45, 2.75) is 26.3 Å². The van der Waals surface area contributed by atoms with E-state index in [1.165, 1.54) is 6.42 Å². The molecule has 0 radical (unpaired) electrons. The zero-order valence-electron chi connectivity index (χ0n) is 5.02. The second-order valence-corrected chi connectivity index (χ2v) is 2.74. The standard InChI is InChI=1S/C6H13N/c1-4-3-6(4)5(2)7/h4-6H,3,7H2,1-2H3/t4-,5-,6+/m1/s1. The molecule has 0 unspecified atom stereocenters. The molecule has 0 spiro atoms. The molecule has 0 aromatic heterocycles. The summed E-state index contributed by atoms with van der Waals surface area (Å²) in [4.78, 5) is 0. The first-order chi connectivity index (χ1) is 3.22. The zero-order valence-corrected chi connectivity index (χ0v) is 5.02. The lowest BCUT2D eigenvalue weighted by molar-refractivity contribution is 0.608. The fourth-order valence-corrected chi connectivity index (χ4v) is 1.08. The highest BCUT2D eigenvalue weighted by atomic mass is 14.7. The highest BCUT2D eigenvalue weighted by Crippen LogP contribution is 2.39. The van der Waals surface area contributed by atoms with Gasteiger partial charge in [0, 0.05) is 6.04 Å². The Morgan fingerprint density at radius 3 is 2.14 bits per heavy atom. The van der Waals surface area contributed by atoms with Crippen LogP contribution in [-0.4, -0.2) is 6.04 Å². The molecule has 42 valence electrons. The maximum absolute atomic E-state index is 5.59. The second kappa shape index (κ2) is 1.48. The van der Waals surface area contributed by atoms with Crippen LogP contribution in [-0.2, 0) is 0 Å². The van der Waals surface area contributed by atoms with E-state index in [1.807, 2.05) is 0 Å². The maximum Gasteiger partial charge on any atom is 0.00414 e. The van der Waals surface area contributed by atoms with E-state index in [0.717, 1.165) is 11.8 Å². The monoisotopic (exact) mass is 99.1 g/mol. The van der Waals surface area contributed by atoms with Gasteiger partial charge >= 0.3 is 0 Å². The molecule has 7 heavy (non-hydrogen) atoms. The topological polar surface area (TPSA) is 26.0 Å². The van der Waals surface area contributed by atoms with E-state index < -0.39 is 0 Å². The molecule has 0 saturated heterocycles. The van der Waals surface area contributed by atoms with Crippen molar-refractivity contribution in [1.82, 2.24) is 0 Å². The van der Waals surface area contributed by atoms with Crippen molar-refractivity contribution in [1.29, 1.82) is 0 Å². The normalized spacial score (nSPS) is 43.3. The maximum atomic E-state index is 5.59. The van der Waals surface area contributed by atoms with Crippen LogP contribution in [0.1, 0.15) is 20.3 Å². The fourth-order valence-electron chi connectivity index (χ4n) is 1.08. The van der Waals surface area contributed by atoms with Gasteiger partial charge in [0.05, 0.1) is 0 Å². The van der Waals surface area contributed by atoms with Crippen LogP contribution in [0.3, 0.4) is 0 Å². The van der Waals surface area contributed by atoms with Crippen LogP contribution < -0.4 is 5.73 Å². The van der Waals surface area contributed by atoms with Crippen molar-refractivity contribution in [2.75, 3.05) is 0 Å². The fraction of sp³-hybridized carbons (Fsp3) is 1.00. The minimum atomic E-state index is 0.440. The Hall–Kier alpha value is -0.0400. The van der Waals surface area contributed by atoms with Gasteiger partial charge in [-0.3, -0.25) is 0 Å². The molecule has 0 aliphatic heterocycles. The molecule has 1 nitrogen and oxygen atoms in total. The van der Waals surface area contributed by atoms with Gasteiger partial charge in [0.1, 0.15) is 0 Å². The zero-order chi connectivity index (χ0) is 5.44. The molecular formula is C6H13N. The van der Waals surface area contributed by atoms with Gasteiger partial charge in [0.25, 0.3) is 0 Å². The lowest BCUT2D eigenvalue weighted by Gasteiger charge is -1.97. The Balaban J connectivity index is 2.20. The highest BCUT2D eigenvalue weighted by molar-refractivity contribution is 4.87. The van der Waals surface area contributed by atoms with E-state index >= 15 is 0 Å². The summed E-state index contributed by atoms with van der Waals surface area (Å²) in [5.41, 5.74) is 5.59. The van der Waals surface area contributed by atoms with Crippen LogP contribution in [0.25, 0.3) is 0 Å². The summed E-state index contributed by atoms with van der Waals surface area (Å²) < 4.78 is 0. The van der Waals surface area contributed by atoms with Crippen molar-refractivity contribution in [3.8, 4) is 0 Å². The van der Waals surface area contributed by atoms with Gasteiger partial charge in [-0.15, -0.1) is 0 Å². The van der Waals surface area contributed by atoms with Crippen LogP contribution >= 0.6 is 0 Å². The number of hydrogen-bond donors (Lipinski definition) is 1. The van der Waals surface area contributed by atoms with Crippen molar-refractivity contribution in [3.63, 3.8) is 0 Å². The Bertz CT molecular complexity index is 68.6. The summed E-state index contributed by atoms with van der Waals surface area (Å²) in [7, 11) is 0. The number of rotatable bonds is 1. The summed E-state index contributed by atoms with van der Waals surface area (Å²) >= 11 is 0. The molecule has 1 saturated carbocycles. The minimum absolute atomic E-state index is 0.440. The Kier molecular flexibility index (Phi) is 1.08. The van der Waals surface area contributed by atoms with Crippen molar-refractivity contribution in [2.24, 2.45) is 17.6 Å². The lowest BCUT2D eigenvalue weighted by atomic mass is 10.2. The van der Waals surface area contributed by atoms with Crippen LogP contribution in [0.5, 0.6) is 0 Å². The van der Waals surface area contributed by atoms with Crippen molar-refractivity contribution < 1.29 is 0 Å². The molecule has 1 fully saturated rings. The SMILES string of the molecule is C[C@@H]1C[C@@H]1[C@@H](C)N. The molecule has 0 heterocycles. The molecule has 1 aliphatic rings. The molecule has 0 aromatic rings. The van der Waals surface area contributed by atoms with E-state index in [9.17, 15) is 0 Å². The summed E-state index contributed by atoms with van der Waals surface area (Å²) in [5, 5.41) is 0. The summed E-state index contributed by atoms with van der Waals surface area (Å²) in [6, 6.07) is 0.440. The summed E-state index contributed by atoms with van der Waals surface area (Å²) in [5.74, 6) is 1.76. The minimum Gasteiger partial charge on any atom is -0.328 e. The molecule has 0 amide bonds. The average Bonchev–Trinajstić information content (AvgIpc) is 2.17. The van der Waals surface area contributed by atoms with E-state index in [1.54, 1.807) is 0 Å². The van der Waals surface area contributed by atoms with Gasteiger partial charge in [-0.1, -0.05) is 6.92 Å². The molecule has 0 aromatic carbocycles. The lowest BCUT2D eigenvalue weighted by Crippen LogP contribution is -2.17. The van der Waals surface area contributed by atoms with E-state index in [-0.39, 0.29) is 0 Å². The van der Waals surface area contributed by atoms with Crippen LogP contribution in [0.2, 0.25) is 0 Å². The van der Waals surface area contributed by atoms with Gasteiger partial charge in [0.2, 0.25) is 0 Å². The van der Waals surface area contributed by atoms with Crippen LogP contribution in [0.4, 0.5) is 0 Å². The summed E-state index contributed by atoms with van der Waals surface area (Å²) in [6.45, 7) is 4.35. The first-order valence-corrected chi connectivity index (χ1v) is 2.97. The average molecular weight is 99.2 g/mol. The predicted octanol–water partition coefficient (Wildman–Crippen LogP) is 0.990. The molecular weight excluding hydrogens is 86.1 g/mol. The molecule has 1 rings (SSSR count). The third-order valence-electron chi connectivity index (χ3n) is 1.85. The number of nitrogens with two attached hydrogens (primary N) is 1. The van der Waals surface area contributed by atoms with Gasteiger partial charge in [-0.2, -0.15) is 0 Å². The van der Waals surface area contributed by atoms with Gasteiger partial charge in [0.15, 0.2) is 0 Å². The van der Waals surface area contributed by atoms with Crippen molar-refractivity contribution in [3.05, 3.63) is 0 Å². The molecule has 1 heteroatoms. The first kappa shape index (κ1) is 5.10. The van der Waals surface area contributed by atoms with E-state index in [0.29, 0.717) is 6.04 Å². The largest absolute Gasteiger partial charge is 0.328 e. The third-order valence-corrected chi connectivity index (χ3v) is 1.85. The van der Waals surface area contributed by atoms with E-state index in [2.05, 4.69) is 13.8 Å². The molecule has 2 N–H and O–H groups in total. The highest BCUT2D eigenvalue weighted by Gasteiger charge is 2.34. The van der Waals surface area contributed by atoms with Crippen LogP contribution in [0.15, 0.2) is 0 Å². The first-order valence-electron chi connectivity index (χ1n) is 2.97. The van der Waals surface area contributed by atoms with Crippen LogP contribution in [0, 0.1) is 11.8 Å². The van der Waals surface area contributed by atoms with Gasteiger partial charge in [-0.25, -0.2) is 0 Å². The third kappa shape index (κ3) is 0.942. The Morgan fingerprint density at radius 1 is 1.71 bits per heavy atom. The summed E-state index contributed by atoms with van der Waals surface area (Å²) in [6.07, 6.45) is 1.36. The molecule has 3 atom stereocenters. The Morgan fingerprint density at radius 2 is 2.14 bits per heavy atom. The van der Waals surface area contributed by atoms with Crippen molar-refractivity contribution >= 4 is 0 Å². The van der Waals surface area contributed by atoms with Gasteiger partial charge < -0.3 is 5.73 Å².